The molecule has 0 radical (unpaired) electrons. The minimum Gasteiger partial charge on any atom is -0.385 e. The molecule has 1 heterocycles. The van der Waals surface area contributed by atoms with E-state index in [1.807, 2.05) is 6.92 Å². The maximum Gasteiger partial charge on any atom is 0.157 e. The van der Waals surface area contributed by atoms with Crippen molar-refractivity contribution in [2.24, 2.45) is 11.8 Å². The van der Waals surface area contributed by atoms with Crippen LogP contribution in [0, 0.1) is 11.8 Å². The number of aliphatic hydroxyl groups excluding tert-OH is 1. The summed E-state index contributed by atoms with van der Waals surface area (Å²) in [6.45, 7) is 6.17. The van der Waals surface area contributed by atoms with Crippen LogP contribution in [0.4, 0.5) is 0 Å². The van der Waals surface area contributed by atoms with Crippen molar-refractivity contribution >= 4 is 0 Å². The first-order chi connectivity index (χ1) is 6.13. The minimum atomic E-state index is -0.554. The first-order valence-corrected chi connectivity index (χ1v) is 4.58. The van der Waals surface area contributed by atoms with Crippen LogP contribution in [0.15, 0.2) is 18.5 Å². The number of rotatable bonds is 3. The Morgan fingerprint density at radius 3 is 2.15 bits per heavy atom. The van der Waals surface area contributed by atoms with Crippen LogP contribution >= 0.6 is 0 Å². The average molecular weight is 180 g/mol. The second-order valence-corrected chi connectivity index (χ2v) is 3.65. The molecule has 2 unspecified atom stereocenters. The van der Waals surface area contributed by atoms with E-state index in [1.54, 1.807) is 18.5 Å². The lowest BCUT2D eigenvalue weighted by Gasteiger charge is -2.20. The Hall–Kier alpha value is -0.960. The molecule has 1 rings (SSSR count). The fourth-order valence-corrected chi connectivity index (χ4v) is 1.06. The molecule has 0 saturated carbocycles. The number of nitrogens with zero attached hydrogens (tertiary/aromatic N) is 2. The lowest BCUT2D eigenvalue weighted by Crippen LogP contribution is -2.17. The predicted octanol–water partition coefficient (Wildman–Crippen LogP) is 1.80. The molecule has 0 aliphatic rings. The Balaban J connectivity index is 2.73. The molecule has 0 spiro atoms. The van der Waals surface area contributed by atoms with Gasteiger partial charge in [0, 0.05) is 12.4 Å². The molecule has 1 aromatic heterocycles. The van der Waals surface area contributed by atoms with Gasteiger partial charge in [-0.2, -0.15) is 0 Å². The average Bonchev–Trinajstić information content (AvgIpc) is 2.17. The van der Waals surface area contributed by atoms with Crippen molar-refractivity contribution in [2.45, 2.75) is 26.9 Å². The highest BCUT2D eigenvalue weighted by atomic mass is 16.3. The lowest BCUT2D eigenvalue weighted by atomic mass is 9.92. The first-order valence-electron chi connectivity index (χ1n) is 4.58. The minimum absolute atomic E-state index is 0.183. The summed E-state index contributed by atoms with van der Waals surface area (Å²) in [6.07, 6.45) is 2.75. The van der Waals surface area contributed by atoms with E-state index in [-0.39, 0.29) is 5.92 Å². The van der Waals surface area contributed by atoms with Gasteiger partial charge in [-0.15, -0.1) is 0 Å². The van der Waals surface area contributed by atoms with Gasteiger partial charge in [0.1, 0.15) is 6.10 Å². The van der Waals surface area contributed by atoms with Crippen molar-refractivity contribution in [1.29, 1.82) is 0 Å². The highest BCUT2D eigenvalue weighted by Crippen LogP contribution is 2.24. The highest BCUT2D eigenvalue weighted by Gasteiger charge is 2.21. The van der Waals surface area contributed by atoms with E-state index in [9.17, 15) is 5.11 Å². The van der Waals surface area contributed by atoms with Gasteiger partial charge in [-0.1, -0.05) is 20.8 Å². The van der Waals surface area contributed by atoms with Crippen molar-refractivity contribution in [3.8, 4) is 0 Å². The second-order valence-electron chi connectivity index (χ2n) is 3.65. The van der Waals surface area contributed by atoms with Crippen LogP contribution in [0.25, 0.3) is 0 Å². The van der Waals surface area contributed by atoms with Crippen molar-refractivity contribution in [1.82, 2.24) is 9.97 Å². The molecule has 2 atom stereocenters. The highest BCUT2D eigenvalue weighted by molar-refractivity contribution is 4.94. The Labute approximate surface area is 78.9 Å². The molecule has 0 bridgehead atoms. The zero-order valence-corrected chi connectivity index (χ0v) is 8.31. The standard InChI is InChI=1S/C10H16N2O/c1-7(2)8(3)9(13)10-11-5-4-6-12-10/h4-9,13H,1-3H3. The van der Waals surface area contributed by atoms with Crippen LogP contribution in [-0.2, 0) is 0 Å². The maximum absolute atomic E-state index is 9.83. The maximum atomic E-state index is 9.83. The van der Waals surface area contributed by atoms with Crippen LogP contribution in [0.3, 0.4) is 0 Å². The van der Waals surface area contributed by atoms with Gasteiger partial charge in [-0.3, -0.25) is 0 Å². The molecule has 0 fully saturated rings. The molecule has 1 aromatic rings. The lowest BCUT2D eigenvalue weighted by molar-refractivity contribution is 0.0840. The third kappa shape index (κ3) is 2.49. The summed E-state index contributed by atoms with van der Waals surface area (Å²) in [7, 11) is 0. The zero-order chi connectivity index (χ0) is 9.84. The van der Waals surface area contributed by atoms with Crippen LogP contribution in [0.2, 0.25) is 0 Å². The van der Waals surface area contributed by atoms with E-state index in [0.717, 1.165) is 0 Å². The molecule has 0 aliphatic heterocycles. The molecule has 13 heavy (non-hydrogen) atoms. The van der Waals surface area contributed by atoms with Gasteiger partial charge in [0.05, 0.1) is 0 Å². The van der Waals surface area contributed by atoms with Gasteiger partial charge >= 0.3 is 0 Å². The normalized spacial score (nSPS) is 15.8. The topological polar surface area (TPSA) is 46.0 Å². The molecule has 0 saturated heterocycles. The molecule has 1 N–H and O–H groups in total. The summed E-state index contributed by atoms with van der Waals surface area (Å²) in [6, 6.07) is 1.75. The van der Waals surface area contributed by atoms with Crippen molar-refractivity contribution in [2.75, 3.05) is 0 Å². The summed E-state index contributed by atoms with van der Waals surface area (Å²) < 4.78 is 0. The molecular weight excluding hydrogens is 164 g/mol. The molecule has 0 aliphatic carbocycles. The zero-order valence-electron chi connectivity index (χ0n) is 8.31. The Kier molecular flexibility index (Phi) is 3.37. The van der Waals surface area contributed by atoms with E-state index < -0.39 is 6.10 Å². The van der Waals surface area contributed by atoms with Crippen LogP contribution in [0.1, 0.15) is 32.7 Å². The van der Waals surface area contributed by atoms with Crippen molar-refractivity contribution in [3.05, 3.63) is 24.3 Å². The molecule has 0 amide bonds. The van der Waals surface area contributed by atoms with Gasteiger partial charge in [0.2, 0.25) is 0 Å². The largest absolute Gasteiger partial charge is 0.385 e. The van der Waals surface area contributed by atoms with Gasteiger partial charge in [-0.25, -0.2) is 9.97 Å². The summed E-state index contributed by atoms with van der Waals surface area (Å²) >= 11 is 0. The van der Waals surface area contributed by atoms with Crippen molar-refractivity contribution in [3.63, 3.8) is 0 Å². The summed E-state index contributed by atoms with van der Waals surface area (Å²) in [5.41, 5.74) is 0. The van der Waals surface area contributed by atoms with Gasteiger partial charge in [0.25, 0.3) is 0 Å². The molecule has 3 nitrogen and oxygen atoms in total. The Morgan fingerprint density at radius 2 is 1.69 bits per heavy atom. The third-order valence-electron chi connectivity index (χ3n) is 2.40. The number of hydrogen-bond acceptors (Lipinski definition) is 3. The molecule has 72 valence electrons. The van der Waals surface area contributed by atoms with E-state index in [0.29, 0.717) is 11.7 Å². The predicted molar refractivity (Wildman–Crippen MR) is 51.0 cm³/mol. The Bertz CT molecular complexity index is 248. The Morgan fingerprint density at radius 1 is 1.15 bits per heavy atom. The van der Waals surface area contributed by atoms with E-state index in [4.69, 9.17) is 0 Å². The fourth-order valence-electron chi connectivity index (χ4n) is 1.06. The van der Waals surface area contributed by atoms with E-state index in [2.05, 4.69) is 23.8 Å². The third-order valence-corrected chi connectivity index (χ3v) is 2.40. The number of aliphatic hydroxyl groups is 1. The molecule has 3 heteroatoms. The van der Waals surface area contributed by atoms with Crippen LogP contribution in [-0.4, -0.2) is 15.1 Å². The molecule has 0 aromatic carbocycles. The van der Waals surface area contributed by atoms with E-state index >= 15 is 0 Å². The summed E-state index contributed by atoms with van der Waals surface area (Å²) in [5, 5.41) is 9.83. The van der Waals surface area contributed by atoms with Gasteiger partial charge in [-0.05, 0) is 17.9 Å². The quantitative estimate of drug-likeness (QED) is 0.771. The summed E-state index contributed by atoms with van der Waals surface area (Å²) in [5.74, 6) is 1.13. The smallest absolute Gasteiger partial charge is 0.157 e. The summed E-state index contributed by atoms with van der Waals surface area (Å²) in [4.78, 5) is 8.04. The first kappa shape index (κ1) is 10.1. The second kappa shape index (κ2) is 4.33. The van der Waals surface area contributed by atoms with Crippen LogP contribution in [0.5, 0.6) is 0 Å². The van der Waals surface area contributed by atoms with Crippen LogP contribution < -0.4 is 0 Å². The number of hydrogen-bond donors (Lipinski definition) is 1. The fraction of sp³-hybridized carbons (Fsp3) is 0.600. The monoisotopic (exact) mass is 180 g/mol. The number of aromatic nitrogens is 2. The van der Waals surface area contributed by atoms with Gasteiger partial charge < -0.3 is 5.11 Å². The SMILES string of the molecule is CC(C)C(C)C(O)c1ncccn1. The molecular formula is C10H16N2O. The van der Waals surface area contributed by atoms with Crippen molar-refractivity contribution < 1.29 is 5.11 Å². The van der Waals surface area contributed by atoms with Gasteiger partial charge in [0.15, 0.2) is 5.82 Å². The van der Waals surface area contributed by atoms with E-state index in [1.165, 1.54) is 0 Å².